The summed E-state index contributed by atoms with van der Waals surface area (Å²) in [5.74, 6) is -2.47. The quantitative estimate of drug-likeness (QED) is 0.795. The third kappa shape index (κ3) is 2.18. The molecule has 0 heterocycles. The van der Waals surface area contributed by atoms with E-state index in [1.165, 1.54) is 0 Å². The van der Waals surface area contributed by atoms with E-state index in [1.54, 1.807) is 6.07 Å². The van der Waals surface area contributed by atoms with Gasteiger partial charge in [0.1, 0.15) is 6.61 Å². The maximum absolute atomic E-state index is 13.0. The lowest BCUT2D eigenvalue weighted by Gasteiger charge is -2.06. The Labute approximate surface area is 79.2 Å². The first kappa shape index (κ1) is 10.4. The van der Waals surface area contributed by atoms with Gasteiger partial charge >= 0.3 is 0 Å². The van der Waals surface area contributed by atoms with Gasteiger partial charge in [0.15, 0.2) is 17.4 Å². The molecule has 0 aromatic heterocycles. The normalized spacial score (nSPS) is 9.57. The predicted molar refractivity (Wildman–Crippen MR) is 43.7 cm³/mol. The molecule has 0 bridgehead atoms. The molecule has 0 radical (unpaired) electrons. The van der Waals surface area contributed by atoms with Crippen molar-refractivity contribution in [2.24, 2.45) is 0 Å². The summed E-state index contributed by atoms with van der Waals surface area (Å²) in [6.07, 6.45) is 0. The van der Waals surface area contributed by atoms with Gasteiger partial charge in [0.2, 0.25) is 0 Å². The average molecular weight is 199 g/mol. The van der Waals surface area contributed by atoms with E-state index in [0.29, 0.717) is 0 Å². The van der Waals surface area contributed by atoms with E-state index in [-0.39, 0.29) is 18.8 Å². The van der Waals surface area contributed by atoms with Crippen LogP contribution in [0.4, 0.5) is 8.78 Å². The van der Waals surface area contributed by atoms with E-state index < -0.39 is 17.4 Å². The number of aliphatic hydroxyl groups is 1. The summed E-state index contributed by atoms with van der Waals surface area (Å²) in [6.45, 7) is -0.529. The number of nitriles is 1. The highest BCUT2D eigenvalue weighted by Crippen LogP contribution is 2.22. The molecule has 74 valence electrons. The van der Waals surface area contributed by atoms with Crippen molar-refractivity contribution in [2.75, 3.05) is 13.2 Å². The van der Waals surface area contributed by atoms with Crippen molar-refractivity contribution in [1.82, 2.24) is 0 Å². The molecular formula is C9H7F2NO2. The Hall–Kier alpha value is -1.67. The van der Waals surface area contributed by atoms with Crippen molar-refractivity contribution >= 4 is 0 Å². The Kier molecular flexibility index (Phi) is 3.37. The van der Waals surface area contributed by atoms with Crippen molar-refractivity contribution in [3.63, 3.8) is 0 Å². The van der Waals surface area contributed by atoms with Crippen molar-refractivity contribution < 1.29 is 18.6 Å². The smallest absolute Gasteiger partial charge is 0.190 e. The monoisotopic (exact) mass is 199 g/mol. The van der Waals surface area contributed by atoms with Gasteiger partial charge in [0.25, 0.3) is 0 Å². The minimum atomic E-state index is -0.949. The Morgan fingerprint density at radius 3 is 2.36 bits per heavy atom. The van der Waals surface area contributed by atoms with Gasteiger partial charge in [-0.05, 0) is 12.1 Å². The van der Waals surface area contributed by atoms with Gasteiger partial charge < -0.3 is 9.84 Å². The standard InChI is InChI=1S/C9H7F2NO2/c10-7-3-6(5-12)4-8(11)9(7)14-2-1-13/h3-4,13H,1-2H2. The van der Waals surface area contributed by atoms with Crippen molar-refractivity contribution in [2.45, 2.75) is 0 Å². The maximum Gasteiger partial charge on any atom is 0.190 e. The maximum atomic E-state index is 13.0. The number of halogens is 2. The molecular weight excluding hydrogens is 192 g/mol. The zero-order chi connectivity index (χ0) is 10.6. The number of hydrogen-bond acceptors (Lipinski definition) is 3. The molecule has 0 atom stereocenters. The van der Waals surface area contributed by atoms with E-state index >= 15 is 0 Å². The molecule has 0 fully saturated rings. The molecule has 0 saturated heterocycles. The summed E-state index contributed by atoms with van der Waals surface area (Å²) < 4.78 is 30.7. The Morgan fingerprint density at radius 1 is 1.36 bits per heavy atom. The summed E-state index contributed by atoms with van der Waals surface area (Å²) >= 11 is 0. The van der Waals surface area contributed by atoms with Crippen LogP contribution in [0.15, 0.2) is 12.1 Å². The molecule has 0 spiro atoms. The Balaban J connectivity index is 3.01. The summed E-state index contributed by atoms with van der Waals surface area (Å²) in [7, 11) is 0. The second-order valence-electron chi connectivity index (χ2n) is 2.45. The van der Waals surface area contributed by atoms with E-state index in [0.717, 1.165) is 12.1 Å². The fourth-order valence-electron chi connectivity index (χ4n) is 0.910. The molecule has 0 aliphatic rings. The van der Waals surface area contributed by atoms with Crippen LogP contribution in [-0.2, 0) is 0 Å². The molecule has 0 saturated carbocycles. The van der Waals surface area contributed by atoms with Gasteiger partial charge in [0, 0.05) is 0 Å². The first-order valence-corrected chi connectivity index (χ1v) is 3.82. The van der Waals surface area contributed by atoms with Gasteiger partial charge in [-0.15, -0.1) is 0 Å². The fourth-order valence-corrected chi connectivity index (χ4v) is 0.910. The molecule has 0 unspecified atom stereocenters. The van der Waals surface area contributed by atoms with Crippen LogP contribution in [0, 0.1) is 23.0 Å². The summed E-state index contributed by atoms with van der Waals surface area (Å²) in [6, 6.07) is 3.35. The van der Waals surface area contributed by atoms with Crippen LogP contribution in [0.25, 0.3) is 0 Å². The van der Waals surface area contributed by atoms with E-state index in [4.69, 9.17) is 10.4 Å². The first-order valence-electron chi connectivity index (χ1n) is 3.82. The minimum Gasteiger partial charge on any atom is -0.485 e. The van der Waals surface area contributed by atoms with Crippen LogP contribution in [-0.4, -0.2) is 18.3 Å². The number of benzene rings is 1. The second kappa shape index (κ2) is 4.53. The highest BCUT2D eigenvalue weighted by atomic mass is 19.1. The highest BCUT2D eigenvalue weighted by molar-refractivity contribution is 5.37. The van der Waals surface area contributed by atoms with Crippen LogP contribution in [0.2, 0.25) is 0 Å². The van der Waals surface area contributed by atoms with Crippen molar-refractivity contribution in [1.29, 1.82) is 5.26 Å². The largest absolute Gasteiger partial charge is 0.485 e. The molecule has 0 aliphatic heterocycles. The molecule has 5 heteroatoms. The highest BCUT2D eigenvalue weighted by Gasteiger charge is 2.12. The Morgan fingerprint density at radius 2 is 1.93 bits per heavy atom. The Bertz CT molecular complexity index is 351. The fraction of sp³-hybridized carbons (Fsp3) is 0.222. The number of ether oxygens (including phenoxy) is 1. The summed E-state index contributed by atoms with van der Waals surface area (Å²) in [5, 5.41) is 16.8. The molecule has 1 aromatic carbocycles. The van der Waals surface area contributed by atoms with Gasteiger partial charge in [-0.3, -0.25) is 0 Å². The van der Waals surface area contributed by atoms with Gasteiger partial charge in [-0.2, -0.15) is 5.26 Å². The summed E-state index contributed by atoms with van der Waals surface area (Å²) in [4.78, 5) is 0. The topological polar surface area (TPSA) is 53.2 Å². The molecule has 0 aliphatic carbocycles. The van der Waals surface area contributed by atoms with Crippen molar-refractivity contribution in [3.8, 4) is 11.8 Å². The third-order valence-corrected chi connectivity index (χ3v) is 1.47. The molecule has 1 rings (SSSR count). The zero-order valence-corrected chi connectivity index (χ0v) is 7.13. The van der Waals surface area contributed by atoms with E-state index in [1.807, 2.05) is 0 Å². The van der Waals surface area contributed by atoms with E-state index in [2.05, 4.69) is 4.74 Å². The van der Waals surface area contributed by atoms with E-state index in [9.17, 15) is 8.78 Å². The minimum absolute atomic E-state index is 0.114. The SMILES string of the molecule is N#Cc1cc(F)c(OCCO)c(F)c1. The molecule has 0 amide bonds. The van der Waals surface area contributed by atoms with Gasteiger partial charge in [0.05, 0.1) is 18.2 Å². The first-order chi connectivity index (χ1) is 6.69. The predicted octanol–water partition coefficient (Wildman–Crippen LogP) is 1.21. The second-order valence-corrected chi connectivity index (χ2v) is 2.45. The van der Waals surface area contributed by atoms with Crippen molar-refractivity contribution in [3.05, 3.63) is 29.3 Å². The number of nitrogens with zero attached hydrogens (tertiary/aromatic N) is 1. The lowest BCUT2D eigenvalue weighted by Crippen LogP contribution is -2.05. The number of hydrogen-bond donors (Lipinski definition) is 1. The van der Waals surface area contributed by atoms with Crippen LogP contribution >= 0.6 is 0 Å². The summed E-state index contributed by atoms with van der Waals surface area (Å²) in [5.41, 5.74) is -0.114. The van der Waals surface area contributed by atoms with Crippen LogP contribution in [0.3, 0.4) is 0 Å². The molecule has 1 aromatic rings. The van der Waals surface area contributed by atoms with Gasteiger partial charge in [-0.25, -0.2) is 8.78 Å². The lowest BCUT2D eigenvalue weighted by atomic mass is 10.2. The zero-order valence-electron chi connectivity index (χ0n) is 7.13. The number of aliphatic hydroxyl groups excluding tert-OH is 1. The lowest BCUT2D eigenvalue weighted by molar-refractivity contribution is 0.191. The number of rotatable bonds is 3. The molecule has 3 nitrogen and oxygen atoms in total. The molecule has 1 N–H and O–H groups in total. The molecule has 14 heavy (non-hydrogen) atoms. The van der Waals surface area contributed by atoms with Gasteiger partial charge in [-0.1, -0.05) is 0 Å². The van der Waals surface area contributed by atoms with Crippen LogP contribution in [0.5, 0.6) is 5.75 Å². The van der Waals surface area contributed by atoms with Crippen LogP contribution in [0.1, 0.15) is 5.56 Å². The third-order valence-electron chi connectivity index (χ3n) is 1.47. The van der Waals surface area contributed by atoms with Crippen LogP contribution < -0.4 is 4.74 Å². The average Bonchev–Trinajstić information content (AvgIpc) is 2.16.